The molecule has 3 unspecified atom stereocenters. The molecule has 3 atom stereocenters. The zero-order valence-electron chi connectivity index (χ0n) is 17.0. The van der Waals surface area contributed by atoms with Crippen molar-refractivity contribution in [3.05, 3.63) is 18.0 Å². The molecule has 0 radical (unpaired) electrons. The molecule has 0 saturated carbocycles. The predicted octanol–water partition coefficient (Wildman–Crippen LogP) is 2.44. The van der Waals surface area contributed by atoms with Gasteiger partial charge in [-0.25, -0.2) is 0 Å². The Labute approximate surface area is 158 Å². The second kappa shape index (κ2) is 8.89. The number of aromatic nitrogens is 2. The quantitative estimate of drug-likeness (QED) is 0.647. The van der Waals surface area contributed by atoms with Crippen LogP contribution in [0.15, 0.2) is 17.4 Å². The standard InChI is InChI=1S/C20H36N6/c1-5-21-20(22-12-17(3)26-10-7-6-8-16(26)2)25-11-9-18(15-25)19-13-23-24(4)14-19/h13-14,16-18H,5-12,15H2,1-4H3,(H,21,22). The maximum absolute atomic E-state index is 5.01. The molecule has 1 aromatic rings. The second-order valence-corrected chi connectivity index (χ2v) is 8.01. The third kappa shape index (κ3) is 4.58. The highest BCUT2D eigenvalue weighted by Crippen LogP contribution is 2.26. The van der Waals surface area contributed by atoms with Crippen LogP contribution in [0.1, 0.15) is 57.9 Å². The minimum absolute atomic E-state index is 0.510. The molecule has 6 heteroatoms. The van der Waals surface area contributed by atoms with E-state index in [-0.39, 0.29) is 0 Å². The maximum atomic E-state index is 5.01. The van der Waals surface area contributed by atoms with E-state index in [0.717, 1.165) is 32.1 Å². The average molecular weight is 361 g/mol. The molecule has 3 heterocycles. The van der Waals surface area contributed by atoms with Crippen molar-refractivity contribution in [3.8, 4) is 0 Å². The zero-order valence-corrected chi connectivity index (χ0v) is 17.0. The van der Waals surface area contributed by atoms with Gasteiger partial charge in [-0.3, -0.25) is 14.6 Å². The van der Waals surface area contributed by atoms with Gasteiger partial charge in [0.2, 0.25) is 0 Å². The monoisotopic (exact) mass is 360 g/mol. The SMILES string of the molecule is CCNC(=NCC(C)N1CCCCC1C)N1CCC(c2cnn(C)c2)C1. The van der Waals surface area contributed by atoms with Gasteiger partial charge in [-0.1, -0.05) is 6.42 Å². The third-order valence-corrected chi connectivity index (χ3v) is 5.94. The molecule has 146 valence electrons. The van der Waals surface area contributed by atoms with Crippen LogP contribution in [-0.4, -0.2) is 70.3 Å². The number of rotatable bonds is 5. The van der Waals surface area contributed by atoms with Gasteiger partial charge in [0.05, 0.1) is 12.7 Å². The van der Waals surface area contributed by atoms with Crippen LogP contribution in [0.2, 0.25) is 0 Å². The lowest BCUT2D eigenvalue weighted by Gasteiger charge is -2.37. The van der Waals surface area contributed by atoms with Crippen molar-refractivity contribution < 1.29 is 0 Å². The second-order valence-electron chi connectivity index (χ2n) is 8.01. The summed E-state index contributed by atoms with van der Waals surface area (Å²) >= 11 is 0. The number of hydrogen-bond donors (Lipinski definition) is 1. The predicted molar refractivity (Wildman–Crippen MR) is 108 cm³/mol. The maximum Gasteiger partial charge on any atom is 0.193 e. The Balaban J connectivity index is 1.60. The van der Waals surface area contributed by atoms with Gasteiger partial charge in [0.25, 0.3) is 0 Å². The minimum Gasteiger partial charge on any atom is -0.357 e. The van der Waals surface area contributed by atoms with Crippen molar-refractivity contribution in [1.29, 1.82) is 0 Å². The first-order chi connectivity index (χ1) is 12.6. The number of piperidine rings is 1. The van der Waals surface area contributed by atoms with Crippen molar-refractivity contribution >= 4 is 5.96 Å². The van der Waals surface area contributed by atoms with Gasteiger partial charge in [-0.05, 0) is 52.1 Å². The van der Waals surface area contributed by atoms with E-state index in [1.165, 1.54) is 37.8 Å². The van der Waals surface area contributed by atoms with Gasteiger partial charge < -0.3 is 10.2 Å². The number of aryl methyl sites for hydroxylation is 1. The van der Waals surface area contributed by atoms with Gasteiger partial charge in [0.15, 0.2) is 5.96 Å². The summed E-state index contributed by atoms with van der Waals surface area (Å²) in [7, 11) is 1.99. The van der Waals surface area contributed by atoms with E-state index in [4.69, 9.17) is 4.99 Å². The van der Waals surface area contributed by atoms with E-state index in [0.29, 0.717) is 18.0 Å². The van der Waals surface area contributed by atoms with E-state index >= 15 is 0 Å². The van der Waals surface area contributed by atoms with Gasteiger partial charge >= 0.3 is 0 Å². The Morgan fingerprint density at radius 2 is 2.19 bits per heavy atom. The van der Waals surface area contributed by atoms with Crippen molar-refractivity contribution in [3.63, 3.8) is 0 Å². The molecule has 2 aliphatic heterocycles. The van der Waals surface area contributed by atoms with E-state index in [1.807, 2.05) is 17.9 Å². The van der Waals surface area contributed by atoms with Gasteiger partial charge in [-0.2, -0.15) is 5.10 Å². The molecule has 0 aromatic carbocycles. The largest absolute Gasteiger partial charge is 0.357 e. The molecule has 6 nitrogen and oxygen atoms in total. The fourth-order valence-corrected chi connectivity index (χ4v) is 4.40. The van der Waals surface area contributed by atoms with Crippen LogP contribution in [-0.2, 0) is 7.05 Å². The Morgan fingerprint density at radius 3 is 2.88 bits per heavy atom. The Morgan fingerprint density at radius 1 is 1.35 bits per heavy atom. The van der Waals surface area contributed by atoms with Crippen molar-refractivity contribution in [2.45, 2.75) is 64.5 Å². The Hall–Kier alpha value is -1.56. The molecule has 3 rings (SSSR count). The highest BCUT2D eigenvalue weighted by Gasteiger charge is 2.27. The normalized spacial score (nSPS) is 26.3. The zero-order chi connectivity index (χ0) is 18.5. The molecule has 2 fully saturated rings. The lowest BCUT2D eigenvalue weighted by Crippen LogP contribution is -2.46. The summed E-state index contributed by atoms with van der Waals surface area (Å²) in [5.74, 6) is 1.64. The summed E-state index contributed by atoms with van der Waals surface area (Å²) in [4.78, 5) is 10.1. The molecule has 0 spiro atoms. The summed E-state index contributed by atoms with van der Waals surface area (Å²) in [6.07, 6.45) is 9.37. The molecule has 1 aromatic heterocycles. The van der Waals surface area contributed by atoms with Crippen LogP contribution in [0, 0.1) is 0 Å². The summed E-state index contributed by atoms with van der Waals surface area (Å²) < 4.78 is 1.90. The van der Waals surface area contributed by atoms with Crippen LogP contribution in [0.25, 0.3) is 0 Å². The first kappa shape index (κ1) is 19.2. The number of aliphatic imine (C=N–C) groups is 1. The number of nitrogens with one attached hydrogen (secondary N) is 1. The summed E-state index contributed by atoms with van der Waals surface area (Å²) in [6, 6.07) is 1.20. The highest BCUT2D eigenvalue weighted by atomic mass is 15.3. The van der Waals surface area contributed by atoms with Crippen LogP contribution in [0.4, 0.5) is 0 Å². The summed E-state index contributed by atoms with van der Waals surface area (Å²) in [6.45, 7) is 12.0. The number of likely N-dealkylation sites (tertiary alicyclic amines) is 2. The van der Waals surface area contributed by atoms with Gasteiger partial charge in [0, 0.05) is 50.9 Å². The molecule has 0 bridgehead atoms. The first-order valence-electron chi connectivity index (χ1n) is 10.4. The van der Waals surface area contributed by atoms with Crippen molar-refractivity contribution in [1.82, 2.24) is 24.9 Å². The Kier molecular flexibility index (Phi) is 6.57. The summed E-state index contributed by atoms with van der Waals surface area (Å²) in [5.41, 5.74) is 1.35. The number of guanidine groups is 1. The van der Waals surface area contributed by atoms with E-state index in [9.17, 15) is 0 Å². The first-order valence-corrected chi connectivity index (χ1v) is 10.4. The third-order valence-electron chi connectivity index (χ3n) is 5.94. The lowest BCUT2D eigenvalue weighted by atomic mass is 10.0. The van der Waals surface area contributed by atoms with Gasteiger partial charge in [0.1, 0.15) is 0 Å². The van der Waals surface area contributed by atoms with Crippen molar-refractivity contribution in [2.24, 2.45) is 12.0 Å². The topological polar surface area (TPSA) is 48.7 Å². The molecular formula is C20H36N6. The van der Waals surface area contributed by atoms with E-state index < -0.39 is 0 Å². The highest BCUT2D eigenvalue weighted by molar-refractivity contribution is 5.80. The van der Waals surface area contributed by atoms with Gasteiger partial charge in [-0.15, -0.1) is 0 Å². The van der Waals surface area contributed by atoms with Crippen molar-refractivity contribution in [2.75, 3.05) is 32.7 Å². The Bertz CT molecular complexity index is 595. The molecule has 0 aliphatic carbocycles. The molecule has 2 saturated heterocycles. The molecule has 0 amide bonds. The van der Waals surface area contributed by atoms with Crippen LogP contribution in [0.5, 0.6) is 0 Å². The lowest BCUT2D eigenvalue weighted by molar-refractivity contribution is 0.118. The van der Waals surface area contributed by atoms with Crippen LogP contribution in [0.3, 0.4) is 0 Å². The molecule has 2 aliphatic rings. The van der Waals surface area contributed by atoms with E-state index in [1.54, 1.807) is 0 Å². The molecule has 26 heavy (non-hydrogen) atoms. The van der Waals surface area contributed by atoms with Crippen LogP contribution < -0.4 is 5.32 Å². The average Bonchev–Trinajstić information content (AvgIpc) is 3.27. The smallest absolute Gasteiger partial charge is 0.193 e. The number of hydrogen-bond acceptors (Lipinski definition) is 3. The van der Waals surface area contributed by atoms with Crippen LogP contribution >= 0.6 is 0 Å². The molecule has 1 N–H and O–H groups in total. The summed E-state index contributed by atoms with van der Waals surface area (Å²) in [5, 5.41) is 7.84. The fourth-order valence-electron chi connectivity index (χ4n) is 4.40. The number of nitrogens with zero attached hydrogens (tertiary/aromatic N) is 5. The minimum atomic E-state index is 0.510. The van der Waals surface area contributed by atoms with E-state index in [2.05, 4.69) is 47.2 Å². The fraction of sp³-hybridized carbons (Fsp3) is 0.800. The molecular weight excluding hydrogens is 324 g/mol.